The molecule has 0 aliphatic carbocycles. The fraction of sp³-hybridized carbons (Fsp3) is 0.172. The summed E-state index contributed by atoms with van der Waals surface area (Å²) in [6.07, 6.45) is 14.8. The quantitative estimate of drug-likeness (QED) is 0.105. The smallest absolute Gasteiger partial charge is 0.113 e. The van der Waals surface area contributed by atoms with E-state index in [1.165, 1.54) is 0 Å². The van der Waals surface area contributed by atoms with Crippen LogP contribution in [0.1, 0.15) is 43.5 Å². The third kappa shape index (κ3) is 8.28. The van der Waals surface area contributed by atoms with Gasteiger partial charge in [-0.3, -0.25) is 9.97 Å². The Morgan fingerprint density at radius 3 is 1.70 bits per heavy atom. The molecule has 0 saturated heterocycles. The van der Waals surface area contributed by atoms with Crippen LogP contribution in [0.3, 0.4) is 0 Å². The van der Waals surface area contributed by atoms with Crippen LogP contribution in [0.25, 0.3) is 10.4 Å². The van der Waals surface area contributed by atoms with Crippen molar-refractivity contribution in [1.82, 2.24) is 9.97 Å². The molecule has 0 spiro atoms. The fourth-order valence-corrected chi connectivity index (χ4v) is 4.22. The van der Waals surface area contributed by atoms with Gasteiger partial charge in [0, 0.05) is 44.2 Å². The number of terminal acetylenes is 1. The van der Waals surface area contributed by atoms with Gasteiger partial charge < -0.3 is 5.11 Å². The van der Waals surface area contributed by atoms with E-state index in [1.807, 2.05) is 79.7 Å². The van der Waals surface area contributed by atoms with E-state index in [9.17, 15) is 5.11 Å². The second-order valence-electron chi connectivity index (χ2n) is 7.84. The normalized spacial score (nSPS) is 12.8. The Hall–Kier alpha value is -3.47. The summed E-state index contributed by atoms with van der Waals surface area (Å²) in [6, 6.07) is 22.8. The van der Waals surface area contributed by atoms with Gasteiger partial charge in [-0.05, 0) is 72.5 Å². The van der Waals surface area contributed by atoms with Crippen LogP contribution in [0.2, 0.25) is 0 Å². The van der Waals surface area contributed by atoms with Crippen LogP contribution in [-0.2, 0) is 11.1 Å². The van der Waals surface area contributed by atoms with E-state index < -0.39 is 11.1 Å². The van der Waals surface area contributed by atoms with E-state index in [4.69, 9.17) is 5.53 Å². The second-order valence-corrected chi connectivity index (χ2v) is 9.67. The summed E-state index contributed by atoms with van der Waals surface area (Å²) in [4.78, 5) is 11.1. The Morgan fingerprint density at radius 1 is 0.784 bits per heavy atom. The van der Waals surface area contributed by atoms with Crippen LogP contribution in [0.5, 0.6) is 0 Å². The molecular weight excluding hydrogens is 594 g/mol. The van der Waals surface area contributed by atoms with Crippen molar-refractivity contribution in [3.05, 3.63) is 139 Å². The van der Waals surface area contributed by atoms with E-state index in [0.29, 0.717) is 0 Å². The third-order valence-corrected chi connectivity index (χ3v) is 6.45. The van der Waals surface area contributed by atoms with E-state index in [2.05, 4.69) is 64.7 Å². The molecule has 2 aromatic carbocycles. The first-order chi connectivity index (χ1) is 17.3. The van der Waals surface area contributed by atoms with Crippen LogP contribution >= 0.6 is 31.9 Å². The van der Waals surface area contributed by atoms with Crippen molar-refractivity contribution in [3.63, 3.8) is 0 Å². The first-order valence-corrected chi connectivity index (χ1v) is 12.3. The molecule has 2 atom stereocenters. The fourth-order valence-electron chi connectivity index (χ4n) is 3.42. The van der Waals surface area contributed by atoms with Gasteiger partial charge in [-0.25, -0.2) is 0 Å². The molecule has 37 heavy (non-hydrogen) atoms. The van der Waals surface area contributed by atoms with Crippen molar-refractivity contribution in [3.8, 4) is 12.8 Å². The number of hydrogen-bond donors (Lipinski definition) is 1. The lowest BCUT2D eigenvalue weighted by molar-refractivity contribution is 0.102. The molecule has 4 rings (SSSR count). The van der Waals surface area contributed by atoms with Gasteiger partial charge in [-0.2, -0.15) is 0 Å². The number of halogens is 2. The van der Waals surface area contributed by atoms with Gasteiger partial charge in [-0.15, -0.1) is 12.8 Å². The van der Waals surface area contributed by atoms with E-state index in [1.54, 1.807) is 31.7 Å². The minimum atomic E-state index is -1.02. The summed E-state index contributed by atoms with van der Waals surface area (Å²) >= 11 is 6.83. The summed E-state index contributed by atoms with van der Waals surface area (Å²) in [6.45, 7) is 3.65. The van der Waals surface area contributed by atoms with Gasteiger partial charge in [0.15, 0.2) is 0 Å². The number of benzene rings is 2. The zero-order chi connectivity index (χ0) is 26.6. The number of aromatic nitrogens is 2. The molecule has 1 N–H and O–H groups in total. The maximum atomic E-state index is 10.5. The highest BCUT2D eigenvalue weighted by Crippen LogP contribution is 2.34. The number of azide groups is 1. The molecule has 0 radical (unpaired) electrons. The summed E-state index contributed by atoms with van der Waals surface area (Å²) in [7, 11) is 0. The molecule has 0 amide bonds. The van der Waals surface area contributed by atoms with Crippen molar-refractivity contribution in [1.29, 1.82) is 0 Å². The third-order valence-electron chi connectivity index (χ3n) is 5.47. The topological polar surface area (TPSA) is 94.8 Å². The predicted molar refractivity (Wildman–Crippen MR) is 158 cm³/mol. The average Bonchev–Trinajstić information content (AvgIpc) is 2.91. The number of rotatable bonds is 5. The highest BCUT2D eigenvalue weighted by Gasteiger charge is 2.28. The van der Waals surface area contributed by atoms with Crippen molar-refractivity contribution in [2.24, 2.45) is 5.11 Å². The highest BCUT2D eigenvalue weighted by molar-refractivity contribution is 9.10. The van der Waals surface area contributed by atoms with Crippen LogP contribution in [0.4, 0.5) is 0 Å². The lowest BCUT2D eigenvalue weighted by Crippen LogP contribution is -2.22. The van der Waals surface area contributed by atoms with Gasteiger partial charge in [0.05, 0.1) is 5.54 Å². The molecule has 0 aliphatic heterocycles. The van der Waals surface area contributed by atoms with E-state index in [0.717, 1.165) is 31.2 Å². The molecule has 6 nitrogen and oxygen atoms in total. The van der Waals surface area contributed by atoms with Crippen LogP contribution in [-0.4, -0.2) is 15.1 Å². The number of hydrogen-bond acceptors (Lipinski definition) is 4. The van der Waals surface area contributed by atoms with Crippen molar-refractivity contribution < 1.29 is 5.11 Å². The maximum absolute atomic E-state index is 10.5. The minimum absolute atomic E-state index is 0. The predicted octanol–water partition coefficient (Wildman–Crippen LogP) is 8.40. The monoisotopic (exact) mass is 621 g/mol. The van der Waals surface area contributed by atoms with E-state index >= 15 is 0 Å². The first-order valence-electron chi connectivity index (χ1n) is 10.7. The molecule has 2 heterocycles. The largest absolute Gasteiger partial charge is 0.381 e. The Bertz CT molecular complexity index is 1320. The van der Waals surface area contributed by atoms with Gasteiger partial charge in [0.1, 0.15) is 5.60 Å². The van der Waals surface area contributed by atoms with Crippen molar-refractivity contribution in [2.75, 3.05) is 0 Å². The average molecular weight is 623 g/mol. The SMILES string of the molecule is C.C#C.CC(N=[N+]=[N-])(c1cccnc1)c1cccc(Br)c1.CC(O)(c1cccnc1)c1cccc(Br)c1. The molecule has 2 unspecified atom stereocenters. The molecule has 0 saturated carbocycles. The molecule has 190 valence electrons. The maximum Gasteiger partial charge on any atom is 0.113 e. The molecule has 8 heteroatoms. The summed E-state index contributed by atoms with van der Waals surface area (Å²) in [5, 5.41) is 14.5. The van der Waals surface area contributed by atoms with Gasteiger partial charge >= 0.3 is 0 Å². The van der Waals surface area contributed by atoms with Crippen LogP contribution in [0.15, 0.2) is 112 Å². The molecule has 0 aliphatic rings. The standard InChI is InChI=1S/C13H11BrN4.C13H12BrNO.C2H2.CH4/c1-13(17-18-15,11-5-3-7-16-9-11)10-4-2-6-12(14)8-10;1-13(16,11-5-3-7-15-9-11)10-4-2-6-12(14)8-10;1-2;/h2-9H,1H3;2-9,16H,1H3;1-2H;1H4. The zero-order valence-electron chi connectivity index (χ0n) is 19.8. The molecule has 0 fully saturated rings. The Kier molecular flexibility index (Phi) is 12.7. The minimum Gasteiger partial charge on any atom is -0.381 e. The van der Waals surface area contributed by atoms with Crippen molar-refractivity contribution >= 4 is 31.9 Å². The van der Waals surface area contributed by atoms with E-state index in [-0.39, 0.29) is 7.43 Å². The van der Waals surface area contributed by atoms with Crippen LogP contribution in [0, 0.1) is 12.8 Å². The van der Waals surface area contributed by atoms with Gasteiger partial charge in [0.25, 0.3) is 0 Å². The molecule has 0 bridgehead atoms. The Balaban J connectivity index is 0.000000340. The number of nitrogens with zero attached hydrogens (tertiary/aromatic N) is 5. The zero-order valence-corrected chi connectivity index (χ0v) is 23.0. The lowest BCUT2D eigenvalue weighted by atomic mass is 9.86. The molecule has 2 aromatic heterocycles. The van der Waals surface area contributed by atoms with Crippen molar-refractivity contribution in [2.45, 2.75) is 32.4 Å². The molecule has 4 aromatic rings. The first kappa shape index (κ1) is 31.6. The van der Waals surface area contributed by atoms with Crippen LogP contribution < -0.4 is 0 Å². The highest BCUT2D eigenvalue weighted by atomic mass is 79.9. The second kappa shape index (κ2) is 14.9. The van der Waals surface area contributed by atoms with Gasteiger partial charge in [0.2, 0.25) is 0 Å². The summed E-state index contributed by atoms with van der Waals surface area (Å²) in [5.74, 6) is 0. The lowest BCUT2D eigenvalue weighted by Gasteiger charge is -2.24. The van der Waals surface area contributed by atoms with Gasteiger partial charge in [-0.1, -0.05) is 80.8 Å². The Morgan fingerprint density at radius 2 is 1.24 bits per heavy atom. The number of aliphatic hydroxyl groups is 1. The Labute approximate surface area is 235 Å². The summed E-state index contributed by atoms with van der Waals surface area (Å²) in [5.41, 5.74) is 10.5. The number of pyridine rings is 2. The molecular formula is C29H29Br2N5O. The summed E-state index contributed by atoms with van der Waals surface area (Å²) < 4.78 is 1.90.